The maximum absolute atomic E-state index is 13.2. The van der Waals surface area contributed by atoms with Gasteiger partial charge in [0.25, 0.3) is 0 Å². The summed E-state index contributed by atoms with van der Waals surface area (Å²) in [6, 6.07) is 22.4. The summed E-state index contributed by atoms with van der Waals surface area (Å²) in [6.07, 6.45) is 2.56. The zero-order valence-corrected chi connectivity index (χ0v) is 17.6. The molecule has 1 heterocycles. The number of nitrogens with zero attached hydrogens (tertiary/aromatic N) is 3. The van der Waals surface area contributed by atoms with Crippen LogP contribution < -0.4 is 4.90 Å². The number of carbonyl (C=O) groups excluding carboxylic acids is 3. The summed E-state index contributed by atoms with van der Waals surface area (Å²) in [5.74, 6) is -0.944. The van der Waals surface area contributed by atoms with E-state index in [2.05, 4.69) is 9.97 Å². The number of aromatic nitrogens is 2. The lowest BCUT2D eigenvalue weighted by molar-refractivity contribution is -0.117. The Morgan fingerprint density at radius 2 is 1.56 bits per heavy atom. The molecule has 0 atom stereocenters. The van der Waals surface area contributed by atoms with Crippen molar-refractivity contribution in [2.45, 2.75) is 19.9 Å². The lowest BCUT2D eigenvalue weighted by Crippen LogP contribution is -2.32. The van der Waals surface area contributed by atoms with Crippen LogP contribution in [0.1, 0.15) is 39.9 Å². The number of ketones is 2. The van der Waals surface area contributed by atoms with Crippen molar-refractivity contribution in [3.63, 3.8) is 0 Å². The van der Waals surface area contributed by atoms with Crippen molar-refractivity contribution in [1.82, 2.24) is 9.97 Å². The molecule has 158 valence electrons. The van der Waals surface area contributed by atoms with E-state index in [0.29, 0.717) is 11.3 Å². The number of hydrogen-bond acceptors (Lipinski definition) is 5. The van der Waals surface area contributed by atoms with Gasteiger partial charge < -0.3 is 4.90 Å². The summed E-state index contributed by atoms with van der Waals surface area (Å²) in [7, 11) is 0. The predicted molar refractivity (Wildman–Crippen MR) is 123 cm³/mol. The Kier molecular flexibility index (Phi) is 6.12. The van der Waals surface area contributed by atoms with Crippen LogP contribution in [0.15, 0.2) is 85.2 Å². The van der Waals surface area contributed by atoms with Crippen molar-refractivity contribution >= 4 is 33.9 Å². The molecule has 0 aliphatic carbocycles. The van der Waals surface area contributed by atoms with Crippen molar-refractivity contribution < 1.29 is 14.4 Å². The maximum atomic E-state index is 13.2. The smallest absolute Gasteiger partial charge is 0.235 e. The fourth-order valence-electron chi connectivity index (χ4n) is 3.49. The molecular formula is C26H21N3O3. The Labute approximate surface area is 185 Å². The predicted octanol–water partition coefficient (Wildman–Crippen LogP) is 4.64. The largest absolute Gasteiger partial charge is 0.308 e. The molecule has 0 radical (unpaired) electrons. The molecular weight excluding hydrogens is 402 g/mol. The molecule has 0 unspecified atom stereocenters. The monoisotopic (exact) mass is 423 g/mol. The van der Waals surface area contributed by atoms with Gasteiger partial charge >= 0.3 is 0 Å². The standard InChI is InChI=1S/C26H21N3O3/c1-18(30)21-8-4-9-23(15-21)29(25(32)16-24(31)26-27-12-5-13-28-26)17-19-10-11-20-6-2-3-7-22(20)14-19/h2-15H,16-17H2,1H3. The van der Waals surface area contributed by atoms with E-state index in [-0.39, 0.29) is 24.6 Å². The van der Waals surface area contributed by atoms with Gasteiger partial charge in [-0.3, -0.25) is 14.4 Å². The van der Waals surface area contributed by atoms with Gasteiger partial charge in [0.1, 0.15) is 0 Å². The molecule has 6 nitrogen and oxygen atoms in total. The first-order valence-electron chi connectivity index (χ1n) is 10.2. The SMILES string of the molecule is CC(=O)c1cccc(N(Cc2ccc3ccccc3c2)C(=O)CC(=O)c2ncccn2)c1. The number of benzene rings is 3. The minimum Gasteiger partial charge on any atom is -0.308 e. The minimum absolute atomic E-state index is 0.00370. The topological polar surface area (TPSA) is 80.2 Å². The zero-order valence-electron chi connectivity index (χ0n) is 17.6. The van der Waals surface area contributed by atoms with Crippen LogP contribution in [0.25, 0.3) is 10.8 Å². The van der Waals surface area contributed by atoms with E-state index in [1.165, 1.54) is 24.2 Å². The van der Waals surface area contributed by atoms with Crippen LogP contribution in [0.4, 0.5) is 5.69 Å². The molecule has 0 bridgehead atoms. The Morgan fingerprint density at radius 3 is 2.31 bits per heavy atom. The number of rotatable bonds is 7. The summed E-state index contributed by atoms with van der Waals surface area (Å²) in [6.45, 7) is 1.73. The zero-order chi connectivity index (χ0) is 22.5. The van der Waals surface area contributed by atoms with Crippen LogP contribution in [-0.4, -0.2) is 27.4 Å². The van der Waals surface area contributed by atoms with Gasteiger partial charge in [-0.25, -0.2) is 9.97 Å². The number of fused-ring (bicyclic) bond motifs is 1. The second-order valence-electron chi connectivity index (χ2n) is 7.44. The first-order valence-corrected chi connectivity index (χ1v) is 10.2. The van der Waals surface area contributed by atoms with E-state index in [1.54, 1.807) is 30.3 Å². The van der Waals surface area contributed by atoms with E-state index in [4.69, 9.17) is 0 Å². The van der Waals surface area contributed by atoms with Gasteiger partial charge in [-0.1, -0.05) is 48.5 Å². The highest BCUT2D eigenvalue weighted by molar-refractivity contribution is 6.10. The Balaban J connectivity index is 1.67. The molecule has 3 aromatic carbocycles. The van der Waals surface area contributed by atoms with Gasteiger partial charge in [-0.2, -0.15) is 0 Å². The van der Waals surface area contributed by atoms with Crippen LogP contribution in [0.3, 0.4) is 0 Å². The average Bonchev–Trinajstić information content (AvgIpc) is 2.83. The maximum Gasteiger partial charge on any atom is 0.235 e. The first-order chi connectivity index (χ1) is 15.5. The van der Waals surface area contributed by atoms with Crippen molar-refractivity contribution in [1.29, 1.82) is 0 Å². The molecule has 0 aliphatic rings. The molecule has 0 spiro atoms. The lowest BCUT2D eigenvalue weighted by Gasteiger charge is -2.23. The van der Waals surface area contributed by atoms with E-state index >= 15 is 0 Å². The van der Waals surface area contributed by atoms with Crippen LogP contribution in [0.5, 0.6) is 0 Å². The van der Waals surface area contributed by atoms with Gasteiger partial charge in [-0.15, -0.1) is 0 Å². The number of Topliss-reactive ketones (excluding diaryl/α,β-unsaturated/α-hetero) is 2. The highest BCUT2D eigenvalue weighted by atomic mass is 16.2. The Hall–Kier alpha value is -4.19. The average molecular weight is 423 g/mol. The number of anilines is 1. The molecule has 4 aromatic rings. The van der Waals surface area contributed by atoms with Crippen LogP contribution in [0.2, 0.25) is 0 Å². The second-order valence-corrected chi connectivity index (χ2v) is 7.44. The molecule has 1 amide bonds. The third-order valence-electron chi connectivity index (χ3n) is 5.15. The molecule has 4 rings (SSSR count). The van der Waals surface area contributed by atoms with Gasteiger partial charge in [-0.05, 0) is 47.5 Å². The van der Waals surface area contributed by atoms with Crippen LogP contribution in [-0.2, 0) is 11.3 Å². The summed E-state index contributed by atoms with van der Waals surface area (Å²) in [5, 5.41) is 2.16. The number of hydrogen-bond donors (Lipinski definition) is 0. The minimum atomic E-state index is -0.457. The van der Waals surface area contributed by atoms with Crippen molar-refractivity contribution in [3.8, 4) is 0 Å². The fraction of sp³-hybridized carbons (Fsp3) is 0.115. The molecule has 0 saturated heterocycles. The van der Waals surface area contributed by atoms with Gasteiger partial charge in [0.05, 0.1) is 13.0 Å². The van der Waals surface area contributed by atoms with Crippen LogP contribution >= 0.6 is 0 Å². The molecule has 0 N–H and O–H groups in total. The molecule has 0 fully saturated rings. The third kappa shape index (κ3) is 4.75. The van der Waals surface area contributed by atoms with Crippen molar-refractivity contribution in [2.24, 2.45) is 0 Å². The van der Waals surface area contributed by atoms with Gasteiger partial charge in [0.2, 0.25) is 11.7 Å². The van der Waals surface area contributed by atoms with Gasteiger partial charge in [0.15, 0.2) is 11.6 Å². The van der Waals surface area contributed by atoms with E-state index in [9.17, 15) is 14.4 Å². The summed E-state index contributed by atoms with van der Waals surface area (Å²) >= 11 is 0. The van der Waals surface area contributed by atoms with Crippen molar-refractivity contribution in [3.05, 3.63) is 102 Å². The normalized spacial score (nSPS) is 10.7. The fourth-order valence-corrected chi connectivity index (χ4v) is 3.49. The van der Waals surface area contributed by atoms with E-state index < -0.39 is 11.7 Å². The van der Waals surface area contributed by atoms with Crippen molar-refractivity contribution in [2.75, 3.05) is 4.90 Å². The molecule has 0 aliphatic heterocycles. The second kappa shape index (κ2) is 9.31. The highest BCUT2D eigenvalue weighted by Gasteiger charge is 2.22. The summed E-state index contributed by atoms with van der Waals surface area (Å²) < 4.78 is 0. The summed E-state index contributed by atoms with van der Waals surface area (Å²) in [5.41, 5.74) is 1.96. The molecule has 32 heavy (non-hydrogen) atoms. The first kappa shape index (κ1) is 21.1. The molecule has 1 aromatic heterocycles. The highest BCUT2D eigenvalue weighted by Crippen LogP contribution is 2.23. The van der Waals surface area contributed by atoms with E-state index in [1.807, 2.05) is 42.5 Å². The van der Waals surface area contributed by atoms with Crippen LogP contribution in [0, 0.1) is 0 Å². The third-order valence-corrected chi connectivity index (χ3v) is 5.15. The van der Waals surface area contributed by atoms with Gasteiger partial charge in [0, 0.05) is 23.6 Å². The molecule has 6 heteroatoms. The lowest BCUT2D eigenvalue weighted by atomic mass is 10.1. The number of amides is 1. The van der Waals surface area contributed by atoms with E-state index in [0.717, 1.165) is 16.3 Å². The Morgan fingerprint density at radius 1 is 0.812 bits per heavy atom. The quantitative estimate of drug-likeness (QED) is 0.320. The molecule has 0 saturated carbocycles. The number of carbonyl (C=O) groups is 3. The summed E-state index contributed by atoms with van der Waals surface area (Å²) in [4.78, 5) is 47.1. The Bertz CT molecular complexity index is 1300.